The summed E-state index contributed by atoms with van der Waals surface area (Å²) in [4.78, 5) is 36.4. The van der Waals surface area contributed by atoms with Gasteiger partial charge in [0.15, 0.2) is 11.9 Å². The number of carbonyl (C=O) groups excluding carboxylic acids is 3. The number of hydrogen-bond acceptors (Lipinski definition) is 6. The van der Waals surface area contributed by atoms with E-state index in [4.69, 9.17) is 16.3 Å². The van der Waals surface area contributed by atoms with E-state index in [-0.39, 0.29) is 21.3 Å². The Balaban J connectivity index is 1.72. The number of nitrogens with zero attached hydrogens (tertiary/aromatic N) is 1. The van der Waals surface area contributed by atoms with Crippen molar-refractivity contribution >= 4 is 45.0 Å². The summed E-state index contributed by atoms with van der Waals surface area (Å²) in [6.07, 6.45) is 1.32. The molecule has 1 atom stereocenters. The zero-order valence-electron chi connectivity index (χ0n) is 18.3. The van der Waals surface area contributed by atoms with E-state index in [1.54, 1.807) is 18.2 Å². The average molecular weight is 493 g/mol. The van der Waals surface area contributed by atoms with Crippen LogP contribution in [0.2, 0.25) is 5.02 Å². The van der Waals surface area contributed by atoms with Crippen molar-refractivity contribution in [3.63, 3.8) is 0 Å². The number of ketones is 1. The standard InChI is InChI=1S/C23H25ClN2O6S/c1-15(27)17-7-6-8-19(13-17)25-22(28)16(2)32-23(29)18-9-10-20(24)21(14-18)33(30,31)26-11-4-3-5-12-26/h6-10,13-14,16H,3-5,11-12H2,1-2H3,(H,25,28)/t16-/m0/s1. The maximum absolute atomic E-state index is 13.0. The van der Waals surface area contributed by atoms with Crippen LogP contribution in [0.25, 0.3) is 0 Å². The van der Waals surface area contributed by atoms with E-state index < -0.39 is 28.0 Å². The Morgan fingerprint density at radius 1 is 1.03 bits per heavy atom. The SMILES string of the molecule is CC(=O)c1cccc(NC(=O)[C@H](C)OC(=O)c2ccc(Cl)c(S(=O)(=O)N3CCCCC3)c2)c1. The third-order valence-electron chi connectivity index (χ3n) is 5.29. The zero-order chi connectivity index (χ0) is 24.2. The number of esters is 1. The topological polar surface area (TPSA) is 110 Å². The van der Waals surface area contributed by atoms with Crippen LogP contribution in [0.4, 0.5) is 5.69 Å². The van der Waals surface area contributed by atoms with Crippen molar-refractivity contribution in [1.29, 1.82) is 0 Å². The van der Waals surface area contributed by atoms with Crippen molar-refractivity contribution in [3.05, 3.63) is 58.6 Å². The van der Waals surface area contributed by atoms with E-state index in [0.29, 0.717) is 24.3 Å². The third kappa shape index (κ3) is 5.98. The number of halogens is 1. The molecule has 0 bridgehead atoms. The van der Waals surface area contributed by atoms with Crippen molar-refractivity contribution in [2.24, 2.45) is 0 Å². The molecule has 0 unspecified atom stereocenters. The first-order valence-corrected chi connectivity index (χ1v) is 12.3. The van der Waals surface area contributed by atoms with Crippen LogP contribution in [0.15, 0.2) is 47.4 Å². The summed E-state index contributed by atoms with van der Waals surface area (Å²) in [5, 5.41) is 2.60. The maximum atomic E-state index is 13.0. The van der Waals surface area contributed by atoms with E-state index in [9.17, 15) is 22.8 Å². The number of amides is 1. The monoisotopic (exact) mass is 492 g/mol. The Hall–Kier alpha value is -2.75. The number of ether oxygens (including phenoxy) is 1. The van der Waals surface area contributed by atoms with Gasteiger partial charge < -0.3 is 10.1 Å². The smallest absolute Gasteiger partial charge is 0.338 e. The quantitative estimate of drug-likeness (QED) is 0.463. The second-order valence-corrected chi connectivity index (χ2v) is 10.1. The van der Waals surface area contributed by atoms with Gasteiger partial charge in [0.05, 0.1) is 10.6 Å². The molecule has 0 saturated carbocycles. The van der Waals surface area contributed by atoms with E-state index in [1.807, 2.05) is 0 Å². The summed E-state index contributed by atoms with van der Waals surface area (Å²) >= 11 is 6.14. The molecule has 1 aliphatic rings. The molecule has 0 aromatic heterocycles. The number of Topliss-reactive ketones (excluding diaryl/α,β-unsaturated/α-hetero) is 1. The number of nitrogens with one attached hydrogen (secondary N) is 1. The third-order valence-corrected chi connectivity index (χ3v) is 7.67. The minimum absolute atomic E-state index is 0.00766. The average Bonchev–Trinajstić information content (AvgIpc) is 2.79. The molecule has 2 aromatic carbocycles. The van der Waals surface area contributed by atoms with Crippen molar-refractivity contribution in [1.82, 2.24) is 4.31 Å². The Kier molecular flexibility index (Phi) is 7.88. The van der Waals surface area contributed by atoms with Gasteiger partial charge in [-0.1, -0.05) is 30.2 Å². The molecular formula is C23H25ClN2O6S. The van der Waals surface area contributed by atoms with Gasteiger partial charge in [0, 0.05) is 24.3 Å². The van der Waals surface area contributed by atoms with Gasteiger partial charge >= 0.3 is 5.97 Å². The second kappa shape index (κ2) is 10.5. The first-order valence-electron chi connectivity index (χ1n) is 10.5. The number of anilines is 1. The zero-order valence-corrected chi connectivity index (χ0v) is 19.9. The van der Waals surface area contributed by atoms with Gasteiger partial charge in [-0.3, -0.25) is 9.59 Å². The summed E-state index contributed by atoms with van der Waals surface area (Å²) in [6.45, 7) is 3.60. The summed E-state index contributed by atoms with van der Waals surface area (Å²) in [5.41, 5.74) is 0.784. The maximum Gasteiger partial charge on any atom is 0.338 e. The van der Waals surface area contributed by atoms with Crippen molar-refractivity contribution in [2.75, 3.05) is 18.4 Å². The normalized spacial score (nSPS) is 15.5. The largest absolute Gasteiger partial charge is 0.449 e. The minimum atomic E-state index is -3.86. The van der Waals surface area contributed by atoms with Crippen LogP contribution < -0.4 is 5.32 Å². The van der Waals surface area contributed by atoms with Gasteiger partial charge in [-0.25, -0.2) is 13.2 Å². The van der Waals surface area contributed by atoms with Gasteiger partial charge in [-0.05, 0) is 57.0 Å². The predicted molar refractivity (Wildman–Crippen MR) is 124 cm³/mol. The highest BCUT2D eigenvalue weighted by Crippen LogP contribution is 2.28. The Morgan fingerprint density at radius 2 is 1.73 bits per heavy atom. The Morgan fingerprint density at radius 3 is 2.39 bits per heavy atom. The van der Waals surface area contributed by atoms with Gasteiger partial charge in [0.2, 0.25) is 10.0 Å². The highest BCUT2D eigenvalue weighted by molar-refractivity contribution is 7.89. The number of rotatable bonds is 7. The molecule has 1 N–H and O–H groups in total. The van der Waals surface area contributed by atoms with E-state index in [2.05, 4.69) is 5.32 Å². The molecule has 1 heterocycles. The molecule has 0 spiro atoms. The lowest BCUT2D eigenvalue weighted by Crippen LogP contribution is -2.36. The van der Waals surface area contributed by atoms with Crippen molar-refractivity contribution in [3.8, 4) is 0 Å². The summed E-state index contributed by atoms with van der Waals surface area (Å²) < 4.78 is 32.6. The fourth-order valence-electron chi connectivity index (χ4n) is 3.41. The predicted octanol–water partition coefficient (Wildman–Crippen LogP) is 3.90. The lowest BCUT2D eigenvalue weighted by Gasteiger charge is -2.26. The van der Waals surface area contributed by atoms with Gasteiger partial charge in [0.25, 0.3) is 5.91 Å². The Bertz CT molecular complexity index is 1180. The lowest BCUT2D eigenvalue weighted by atomic mass is 10.1. The number of piperidine rings is 1. The second-order valence-electron chi connectivity index (χ2n) is 7.78. The molecule has 1 fully saturated rings. The van der Waals surface area contributed by atoms with Crippen LogP contribution in [-0.4, -0.2) is 49.6 Å². The summed E-state index contributed by atoms with van der Waals surface area (Å²) in [7, 11) is -3.86. The van der Waals surface area contributed by atoms with Crippen LogP contribution in [0.1, 0.15) is 53.8 Å². The van der Waals surface area contributed by atoms with E-state index in [0.717, 1.165) is 19.3 Å². The highest BCUT2D eigenvalue weighted by Gasteiger charge is 2.29. The molecule has 33 heavy (non-hydrogen) atoms. The van der Waals surface area contributed by atoms with Crippen LogP contribution in [-0.2, 0) is 19.6 Å². The van der Waals surface area contributed by atoms with Crippen LogP contribution in [0, 0.1) is 0 Å². The molecule has 2 aromatic rings. The number of carbonyl (C=O) groups is 3. The first-order chi connectivity index (χ1) is 15.6. The van der Waals surface area contributed by atoms with Crippen LogP contribution >= 0.6 is 11.6 Å². The van der Waals surface area contributed by atoms with Crippen LogP contribution in [0.5, 0.6) is 0 Å². The number of hydrogen-bond donors (Lipinski definition) is 1. The molecule has 3 rings (SSSR count). The molecule has 176 valence electrons. The van der Waals surface area contributed by atoms with Crippen molar-refractivity contribution in [2.45, 2.75) is 44.1 Å². The van der Waals surface area contributed by atoms with Crippen molar-refractivity contribution < 1.29 is 27.5 Å². The fraction of sp³-hybridized carbons (Fsp3) is 0.348. The van der Waals surface area contributed by atoms with E-state index in [1.165, 1.54) is 42.4 Å². The molecule has 0 aliphatic carbocycles. The number of benzene rings is 2. The van der Waals surface area contributed by atoms with Gasteiger partial charge in [-0.2, -0.15) is 4.31 Å². The molecule has 1 amide bonds. The van der Waals surface area contributed by atoms with Gasteiger partial charge in [0.1, 0.15) is 4.90 Å². The molecule has 1 saturated heterocycles. The lowest BCUT2D eigenvalue weighted by molar-refractivity contribution is -0.123. The highest BCUT2D eigenvalue weighted by atomic mass is 35.5. The first kappa shape index (κ1) is 24.9. The summed E-state index contributed by atoms with van der Waals surface area (Å²) in [5.74, 6) is -1.61. The summed E-state index contributed by atoms with van der Waals surface area (Å²) in [6, 6.07) is 10.2. The fourth-order valence-corrected chi connectivity index (χ4v) is 5.43. The van der Waals surface area contributed by atoms with Crippen LogP contribution in [0.3, 0.4) is 0 Å². The Labute approximate surface area is 197 Å². The molecule has 10 heteroatoms. The van der Waals surface area contributed by atoms with E-state index >= 15 is 0 Å². The molecule has 0 radical (unpaired) electrons. The van der Waals surface area contributed by atoms with Gasteiger partial charge in [-0.15, -0.1) is 0 Å². The molecule has 8 nitrogen and oxygen atoms in total. The number of sulfonamides is 1. The molecule has 1 aliphatic heterocycles. The minimum Gasteiger partial charge on any atom is -0.449 e. The molecular weight excluding hydrogens is 468 g/mol.